The summed E-state index contributed by atoms with van der Waals surface area (Å²) in [6.45, 7) is 0. The maximum absolute atomic E-state index is 9.40. The van der Waals surface area contributed by atoms with E-state index in [2.05, 4.69) is 12.6 Å². The van der Waals surface area contributed by atoms with Crippen LogP contribution in [-0.4, -0.2) is 12.8 Å². The number of carbonyl (C=O) groups excluding carboxylic acids is 3. The number of hydrogen-bond donors (Lipinski definition) is 0. The summed E-state index contributed by atoms with van der Waals surface area (Å²) < 4.78 is 3.90. The Bertz CT molecular complexity index is 431. The van der Waals surface area contributed by atoms with E-state index in [9.17, 15) is 14.4 Å². The molecule has 0 aromatic heterocycles. The Kier molecular flexibility index (Phi) is 15.9. The second kappa shape index (κ2) is 15.0. The molecule has 15 heavy (non-hydrogen) atoms. The molecule has 0 unspecified atom stereocenters. The first-order valence-electron chi connectivity index (χ1n) is 3.32. The van der Waals surface area contributed by atoms with Crippen LogP contribution >= 0.6 is 0 Å². The van der Waals surface area contributed by atoms with Crippen molar-refractivity contribution in [1.29, 1.82) is 5.26 Å². The van der Waals surface area contributed by atoms with Crippen molar-refractivity contribution in [1.82, 2.24) is 0 Å². The van der Waals surface area contributed by atoms with E-state index >= 15 is 0 Å². The third-order valence-corrected chi connectivity index (χ3v) is 2.60. The summed E-state index contributed by atoms with van der Waals surface area (Å²) in [4.78, 5) is 28.2. The quantitative estimate of drug-likeness (QED) is 0.360. The van der Waals surface area contributed by atoms with Gasteiger partial charge >= 0.3 is 43.1 Å². The van der Waals surface area contributed by atoms with Gasteiger partial charge in [0, 0.05) is 0 Å². The Morgan fingerprint density at radius 3 is 1.47 bits per heavy atom. The van der Waals surface area contributed by atoms with Crippen molar-refractivity contribution in [2.24, 2.45) is 0 Å². The van der Waals surface area contributed by atoms with Gasteiger partial charge in [0.05, 0.1) is 0 Å². The average Bonchev–Trinajstić information content (AvgIpc) is 2.80. The molecule has 0 aliphatic heterocycles. The molecule has 4 nitrogen and oxygen atoms in total. The molecule has 6 heteroatoms. The van der Waals surface area contributed by atoms with E-state index in [0.29, 0.717) is 0 Å². The molecule has 0 aliphatic rings. The van der Waals surface area contributed by atoms with Crippen LogP contribution < -0.4 is 0 Å². The van der Waals surface area contributed by atoms with Crippen LogP contribution in [0.4, 0.5) is 0 Å². The van der Waals surface area contributed by atoms with E-state index < -0.39 is 15.9 Å². The number of rotatable bonds is 0. The molecule has 0 N–H and O–H groups in total. The SMILES string of the molecule is N#C[S-].O=[C]=[W](=[C]=O)=[C]=O.c1cc[cH-]c1. The van der Waals surface area contributed by atoms with Crippen LogP contribution in [0.25, 0.3) is 0 Å². The molecule has 0 aliphatic carbocycles. The van der Waals surface area contributed by atoms with E-state index in [0.717, 1.165) is 0 Å². The van der Waals surface area contributed by atoms with Gasteiger partial charge in [0.2, 0.25) is 0 Å². The second-order valence-electron chi connectivity index (χ2n) is 1.61. The predicted molar refractivity (Wildman–Crippen MR) is 52.1 cm³/mol. The monoisotopic (exact) mass is 391 g/mol. The van der Waals surface area contributed by atoms with E-state index in [1.54, 1.807) is 0 Å². The van der Waals surface area contributed by atoms with Crippen molar-refractivity contribution in [3.63, 3.8) is 0 Å². The summed E-state index contributed by atoms with van der Waals surface area (Å²) in [6.07, 6.45) is 0. The zero-order valence-electron chi connectivity index (χ0n) is 7.38. The van der Waals surface area contributed by atoms with Crippen LogP contribution in [0.1, 0.15) is 0 Å². The molecule has 0 fully saturated rings. The van der Waals surface area contributed by atoms with Gasteiger partial charge in [-0.1, -0.05) is 5.40 Å². The van der Waals surface area contributed by atoms with E-state index in [-0.39, 0.29) is 0 Å². The zero-order chi connectivity index (χ0) is 11.9. The first-order valence-corrected chi connectivity index (χ1v) is 8.13. The summed E-state index contributed by atoms with van der Waals surface area (Å²) in [6, 6.07) is 10.0. The molecule has 0 amide bonds. The molecule has 0 heterocycles. The van der Waals surface area contributed by atoms with E-state index in [4.69, 9.17) is 5.26 Å². The standard InChI is InChI=1S/C5H5.CHNS.3CO.W/c1-2-4-5-3-1;2-1-3;3*1-2;/h1-5H;3H;;;;/q-1;;;;;/p-1. The van der Waals surface area contributed by atoms with Gasteiger partial charge in [0.25, 0.3) is 0 Å². The van der Waals surface area contributed by atoms with Crippen molar-refractivity contribution >= 4 is 25.4 Å². The molecule has 1 rings (SSSR count). The number of hydrogen-bond acceptors (Lipinski definition) is 5. The van der Waals surface area contributed by atoms with Gasteiger partial charge in [-0.05, 0) is 0 Å². The Morgan fingerprint density at radius 2 is 1.40 bits per heavy atom. The summed E-state index contributed by atoms with van der Waals surface area (Å²) in [7, 11) is 0. The molecule has 0 spiro atoms. The summed E-state index contributed by atoms with van der Waals surface area (Å²) in [5, 5.41) is 8.47. The third-order valence-electron chi connectivity index (χ3n) is 0.806. The molecule has 0 saturated carbocycles. The molecule has 0 atom stereocenters. The number of nitriles is 1. The van der Waals surface area contributed by atoms with Gasteiger partial charge in [-0.15, -0.1) is 0 Å². The topological polar surface area (TPSA) is 75.0 Å². The van der Waals surface area contributed by atoms with Crippen LogP contribution in [0.15, 0.2) is 30.3 Å². The maximum atomic E-state index is 9.40. The maximum Gasteiger partial charge on any atom is -0.172 e. The smallest absolute Gasteiger partial charge is 0.172 e. The van der Waals surface area contributed by atoms with Crippen molar-refractivity contribution in [3.8, 4) is 5.40 Å². The predicted octanol–water partition coefficient (Wildman–Crippen LogP) is 0.226. The third kappa shape index (κ3) is 15.3. The minimum Gasteiger partial charge on any atom is -0.214 e. The van der Waals surface area contributed by atoms with Crippen LogP contribution in [0.5, 0.6) is 0 Å². The van der Waals surface area contributed by atoms with Gasteiger partial charge in [-0.3, -0.25) is 0 Å². The second-order valence-corrected chi connectivity index (χ2v) is 5.79. The van der Waals surface area contributed by atoms with Crippen molar-refractivity contribution in [3.05, 3.63) is 30.3 Å². The van der Waals surface area contributed by atoms with Gasteiger partial charge < -0.3 is 12.6 Å². The van der Waals surface area contributed by atoms with Crippen LogP contribution in [0, 0.1) is 10.7 Å². The van der Waals surface area contributed by atoms with E-state index in [1.807, 2.05) is 30.3 Å². The molecular weight excluding hydrogens is 386 g/mol. The van der Waals surface area contributed by atoms with Crippen LogP contribution in [0.3, 0.4) is 0 Å². The summed E-state index contributed by atoms with van der Waals surface area (Å²) >= 11 is 0.648. The molecule has 1 aromatic carbocycles. The Labute approximate surface area is 96.6 Å². The van der Waals surface area contributed by atoms with Crippen molar-refractivity contribution in [2.45, 2.75) is 0 Å². The minimum atomic E-state index is -3.05. The fraction of sp³-hybridized carbons (Fsp3) is 0. The zero-order valence-corrected chi connectivity index (χ0v) is 11.1. The molecule has 78 valence electrons. The minimum absolute atomic E-state index is 1.30. The van der Waals surface area contributed by atoms with Gasteiger partial charge in [-0.2, -0.15) is 18.2 Å². The molecule has 0 bridgehead atoms. The Balaban J connectivity index is 0. The Hall–Kier alpha value is -1.51. The fourth-order valence-electron chi connectivity index (χ4n) is 0.372. The number of nitrogens with zero attached hydrogens (tertiary/aromatic N) is 1. The summed E-state index contributed by atoms with van der Waals surface area (Å²) in [5.41, 5.74) is 0. The van der Waals surface area contributed by atoms with E-state index in [1.165, 1.54) is 18.2 Å². The number of thiocyanates is 1. The van der Waals surface area contributed by atoms with Gasteiger partial charge in [0.1, 0.15) is 0 Å². The first-order chi connectivity index (χ1) is 7.26. The largest absolute Gasteiger partial charge is 0.214 e. The summed E-state index contributed by atoms with van der Waals surface area (Å²) in [5.74, 6) is 0. The Morgan fingerprint density at radius 1 is 1.07 bits per heavy atom. The molecule has 1 aromatic rings. The van der Waals surface area contributed by atoms with Gasteiger partial charge in [-0.25, -0.2) is 17.4 Å². The normalized spacial score (nSPS) is 5.53. The molecule has 0 radical (unpaired) electrons. The molecule has 0 saturated heterocycles. The van der Waals surface area contributed by atoms with Crippen molar-refractivity contribution < 1.29 is 30.3 Å². The first kappa shape index (κ1) is 15.9. The fourth-order valence-corrected chi connectivity index (χ4v) is 0.738. The van der Waals surface area contributed by atoms with Crippen LogP contribution in [-0.2, 0) is 42.9 Å². The van der Waals surface area contributed by atoms with Gasteiger partial charge in [0.15, 0.2) is 0 Å². The van der Waals surface area contributed by atoms with Crippen LogP contribution in [0.2, 0.25) is 0 Å². The molecular formula is C9H5NO3SW-2. The average molecular weight is 391 g/mol. The van der Waals surface area contributed by atoms with Crippen molar-refractivity contribution in [2.75, 3.05) is 0 Å².